The fraction of sp³-hybridized carbons (Fsp3) is 0.136. The summed E-state index contributed by atoms with van der Waals surface area (Å²) >= 11 is 9.94. The van der Waals surface area contributed by atoms with Crippen molar-refractivity contribution in [3.63, 3.8) is 0 Å². The molecular weight excluding hydrogens is 424 g/mol. The van der Waals surface area contributed by atoms with E-state index in [4.69, 9.17) is 21.4 Å². The van der Waals surface area contributed by atoms with Gasteiger partial charge in [-0.2, -0.15) is 5.10 Å². The highest BCUT2D eigenvalue weighted by Gasteiger charge is 2.41. The predicted molar refractivity (Wildman–Crippen MR) is 111 cm³/mol. The van der Waals surface area contributed by atoms with Gasteiger partial charge in [0.1, 0.15) is 5.75 Å². The third-order valence-electron chi connectivity index (χ3n) is 5.03. The van der Waals surface area contributed by atoms with Gasteiger partial charge in [0.25, 0.3) is 0 Å². The van der Waals surface area contributed by atoms with Crippen LogP contribution in [0.25, 0.3) is 0 Å². The van der Waals surface area contributed by atoms with E-state index in [1.54, 1.807) is 0 Å². The molecule has 27 heavy (non-hydrogen) atoms. The van der Waals surface area contributed by atoms with E-state index in [2.05, 4.69) is 39.1 Å². The van der Waals surface area contributed by atoms with Crippen LogP contribution in [-0.4, -0.2) is 10.7 Å². The Labute approximate surface area is 171 Å². The maximum atomic E-state index is 6.38. The lowest BCUT2D eigenvalue weighted by Gasteiger charge is -2.38. The normalized spacial score (nSPS) is 20.5. The van der Waals surface area contributed by atoms with E-state index in [0.717, 1.165) is 39.0 Å². The third-order valence-corrected chi connectivity index (χ3v) is 5.99. The van der Waals surface area contributed by atoms with Gasteiger partial charge in [0, 0.05) is 27.0 Å². The van der Waals surface area contributed by atoms with Gasteiger partial charge in [-0.3, -0.25) is 0 Å². The number of fused-ring (bicyclic) bond motifs is 3. The first kappa shape index (κ1) is 16.8. The highest BCUT2D eigenvalue weighted by atomic mass is 79.9. The molecule has 2 aliphatic heterocycles. The number of benzene rings is 3. The molecule has 0 aromatic heterocycles. The van der Waals surface area contributed by atoms with Crippen LogP contribution in [0.5, 0.6) is 5.75 Å². The van der Waals surface area contributed by atoms with Crippen LogP contribution in [-0.2, 0) is 0 Å². The number of ether oxygens (including phenoxy) is 1. The summed E-state index contributed by atoms with van der Waals surface area (Å²) in [6, 6.07) is 24.4. The molecule has 2 aliphatic rings. The van der Waals surface area contributed by atoms with Crippen LogP contribution in [0.4, 0.5) is 0 Å². The van der Waals surface area contributed by atoms with Gasteiger partial charge in [0.15, 0.2) is 0 Å². The number of halogens is 2. The summed E-state index contributed by atoms with van der Waals surface area (Å²) < 4.78 is 7.39. The smallest absolute Gasteiger partial charge is 0.214 e. The van der Waals surface area contributed by atoms with Crippen LogP contribution < -0.4 is 4.74 Å². The molecule has 0 saturated heterocycles. The SMILES string of the molecule is Clc1ccc2c(c1)[C@@H]1CC(c3ccccc3)=NN1[C@H](c1ccccc1Br)O2. The first-order valence-electron chi connectivity index (χ1n) is 8.82. The molecule has 3 nitrogen and oxygen atoms in total. The van der Waals surface area contributed by atoms with E-state index in [9.17, 15) is 0 Å². The van der Waals surface area contributed by atoms with Gasteiger partial charge in [0.2, 0.25) is 6.23 Å². The topological polar surface area (TPSA) is 24.8 Å². The number of nitrogens with zero attached hydrogens (tertiary/aromatic N) is 2. The van der Waals surface area contributed by atoms with Crippen LogP contribution in [0.1, 0.15) is 35.4 Å². The summed E-state index contributed by atoms with van der Waals surface area (Å²) in [5.41, 5.74) is 4.34. The Morgan fingerprint density at radius 1 is 0.963 bits per heavy atom. The van der Waals surface area contributed by atoms with Crippen molar-refractivity contribution in [2.75, 3.05) is 0 Å². The monoisotopic (exact) mass is 438 g/mol. The molecule has 0 fully saturated rings. The molecule has 5 heteroatoms. The second-order valence-corrected chi connectivity index (χ2v) is 7.98. The zero-order chi connectivity index (χ0) is 18.4. The van der Waals surface area contributed by atoms with Gasteiger partial charge in [0.05, 0.1) is 11.8 Å². The highest BCUT2D eigenvalue weighted by molar-refractivity contribution is 9.10. The van der Waals surface area contributed by atoms with Crippen LogP contribution in [0.2, 0.25) is 5.02 Å². The van der Waals surface area contributed by atoms with Gasteiger partial charge in [-0.1, -0.05) is 76.1 Å². The molecule has 134 valence electrons. The molecule has 0 amide bonds. The first-order chi connectivity index (χ1) is 13.2. The number of rotatable bonds is 2. The number of hydrogen-bond acceptors (Lipinski definition) is 3. The van der Waals surface area contributed by atoms with Crippen molar-refractivity contribution in [1.29, 1.82) is 0 Å². The lowest BCUT2D eigenvalue weighted by molar-refractivity contribution is -0.0194. The van der Waals surface area contributed by atoms with Crippen molar-refractivity contribution in [1.82, 2.24) is 5.01 Å². The number of hydrazone groups is 1. The molecule has 0 N–H and O–H groups in total. The summed E-state index contributed by atoms with van der Waals surface area (Å²) in [4.78, 5) is 0. The Hall–Kier alpha value is -2.30. The van der Waals surface area contributed by atoms with Crippen molar-refractivity contribution < 1.29 is 4.74 Å². The van der Waals surface area contributed by atoms with Gasteiger partial charge < -0.3 is 4.74 Å². The molecule has 2 atom stereocenters. The van der Waals surface area contributed by atoms with E-state index >= 15 is 0 Å². The van der Waals surface area contributed by atoms with E-state index in [1.165, 1.54) is 0 Å². The van der Waals surface area contributed by atoms with Crippen molar-refractivity contribution in [3.8, 4) is 5.75 Å². The van der Waals surface area contributed by atoms with Crippen molar-refractivity contribution in [2.24, 2.45) is 5.10 Å². The van der Waals surface area contributed by atoms with Gasteiger partial charge in [-0.15, -0.1) is 0 Å². The second-order valence-electron chi connectivity index (χ2n) is 6.69. The maximum absolute atomic E-state index is 6.38. The first-order valence-corrected chi connectivity index (χ1v) is 9.99. The second kappa shape index (κ2) is 6.70. The Balaban J connectivity index is 1.64. The summed E-state index contributed by atoms with van der Waals surface area (Å²) in [7, 11) is 0. The Kier molecular flexibility index (Phi) is 4.18. The lowest BCUT2D eigenvalue weighted by atomic mass is 9.96. The van der Waals surface area contributed by atoms with Crippen LogP contribution in [0, 0.1) is 0 Å². The summed E-state index contributed by atoms with van der Waals surface area (Å²) in [5.74, 6) is 0.867. The Morgan fingerprint density at radius 3 is 2.56 bits per heavy atom. The molecule has 0 unspecified atom stereocenters. The summed E-state index contributed by atoms with van der Waals surface area (Å²) in [5, 5.41) is 7.75. The molecule has 0 saturated carbocycles. The standard InChI is InChI=1S/C22H16BrClN2O/c23-18-9-5-4-8-16(18)22-26-20(17-12-15(24)10-11-21(17)27-22)13-19(25-26)14-6-2-1-3-7-14/h1-12,20,22H,13H2/t20-,22-/m0/s1. The average Bonchev–Trinajstić information content (AvgIpc) is 3.15. The van der Waals surface area contributed by atoms with Gasteiger partial charge in [-0.05, 0) is 29.8 Å². The largest absolute Gasteiger partial charge is 0.464 e. The van der Waals surface area contributed by atoms with Gasteiger partial charge >= 0.3 is 0 Å². The van der Waals surface area contributed by atoms with E-state index in [0.29, 0.717) is 5.02 Å². The quantitative estimate of drug-likeness (QED) is 0.465. The minimum absolute atomic E-state index is 0.0970. The average molecular weight is 440 g/mol. The number of hydrogen-bond donors (Lipinski definition) is 0. The highest BCUT2D eigenvalue weighted by Crippen LogP contribution is 2.49. The predicted octanol–water partition coefficient (Wildman–Crippen LogP) is 6.34. The third kappa shape index (κ3) is 2.93. The minimum atomic E-state index is -0.291. The fourth-order valence-electron chi connectivity index (χ4n) is 3.74. The van der Waals surface area contributed by atoms with E-state index in [1.807, 2.05) is 54.6 Å². The molecule has 0 spiro atoms. The summed E-state index contributed by atoms with van der Waals surface area (Å²) in [6.07, 6.45) is 0.530. The molecule has 0 radical (unpaired) electrons. The molecule has 3 aromatic rings. The van der Waals surface area contributed by atoms with Crippen LogP contribution in [0.15, 0.2) is 82.4 Å². The Morgan fingerprint density at radius 2 is 1.74 bits per heavy atom. The molecule has 0 bridgehead atoms. The van der Waals surface area contributed by atoms with Crippen molar-refractivity contribution in [3.05, 3.63) is 99.0 Å². The van der Waals surface area contributed by atoms with Gasteiger partial charge in [-0.25, -0.2) is 5.01 Å². The zero-order valence-corrected chi connectivity index (χ0v) is 16.7. The molecule has 5 rings (SSSR count). The maximum Gasteiger partial charge on any atom is 0.214 e. The summed E-state index contributed by atoms with van der Waals surface area (Å²) in [6.45, 7) is 0. The Bertz CT molecular complexity index is 1040. The lowest BCUT2D eigenvalue weighted by Crippen LogP contribution is -2.33. The van der Waals surface area contributed by atoms with Crippen LogP contribution >= 0.6 is 27.5 Å². The van der Waals surface area contributed by atoms with Crippen molar-refractivity contribution in [2.45, 2.75) is 18.7 Å². The van der Waals surface area contributed by atoms with Crippen molar-refractivity contribution >= 4 is 33.2 Å². The molecule has 3 aromatic carbocycles. The minimum Gasteiger partial charge on any atom is -0.464 e. The molecular formula is C22H16BrClN2O. The van der Waals surface area contributed by atoms with E-state index < -0.39 is 0 Å². The molecule has 0 aliphatic carbocycles. The van der Waals surface area contributed by atoms with E-state index in [-0.39, 0.29) is 12.3 Å². The van der Waals surface area contributed by atoms with Crippen LogP contribution in [0.3, 0.4) is 0 Å². The fourth-order valence-corrected chi connectivity index (χ4v) is 4.40. The zero-order valence-electron chi connectivity index (χ0n) is 14.3. The molecule has 2 heterocycles.